The van der Waals surface area contributed by atoms with Gasteiger partial charge in [-0.2, -0.15) is 0 Å². The fraction of sp³-hybridized carbons (Fsp3) is 0.400. The lowest BCUT2D eigenvalue weighted by atomic mass is 10.1. The number of hydrogen-bond acceptors (Lipinski definition) is 2. The summed E-state index contributed by atoms with van der Waals surface area (Å²) < 4.78 is 0. The van der Waals surface area contributed by atoms with Crippen molar-refractivity contribution in [2.75, 3.05) is 11.2 Å². The van der Waals surface area contributed by atoms with E-state index in [1.54, 1.807) is 0 Å². The van der Waals surface area contributed by atoms with Crippen molar-refractivity contribution in [1.82, 2.24) is 4.98 Å². The van der Waals surface area contributed by atoms with Gasteiger partial charge in [0.25, 0.3) is 0 Å². The van der Waals surface area contributed by atoms with Crippen LogP contribution < -0.4 is 5.32 Å². The van der Waals surface area contributed by atoms with E-state index in [0.717, 1.165) is 27.5 Å². The van der Waals surface area contributed by atoms with E-state index in [1.165, 1.54) is 19.3 Å². The lowest BCUT2D eigenvalue weighted by Crippen LogP contribution is -2.25. The third kappa shape index (κ3) is 2.65. The van der Waals surface area contributed by atoms with Gasteiger partial charge in [0.2, 0.25) is 0 Å². The summed E-state index contributed by atoms with van der Waals surface area (Å²) in [5, 5.41) is 5.47. The van der Waals surface area contributed by atoms with Crippen LogP contribution in [0.1, 0.15) is 19.3 Å². The molecule has 1 aromatic heterocycles. The molecule has 0 amide bonds. The number of alkyl halides is 1. The third-order valence-corrected chi connectivity index (χ3v) is 4.53. The number of fused-ring (bicyclic) bond motifs is 1. The Balaban J connectivity index is 1.92. The van der Waals surface area contributed by atoms with Crippen LogP contribution in [-0.2, 0) is 0 Å². The number of hydrogen-bond donors (Lipinski definition) is 1. The number of aromatic nitrogens is 1. The molecule has 100 valence electrons. The quantitative estimate of drug-likeness (QED) is 0.830. The van der Waals surface area contributed by atoms with Crippen molar-refractivity contribution in [3.8, 4) is 0 Å². The first-order valence-electron chi connectivity index (χ1n) is 6.64. The van der Waals surface area contributed by atoms with E-state index >= 15 is 0 Å². The maximum Gasteiger partial charge on any atom is 0.0737 e. The summed E-state index contributed by atoms with van der Waals surface area (Å²) in [7, 11) is 0. The Hall–Kier alpha value is -0.990. The number of anilines is 1. The first-order chi connectivity index (χ1) is 9.28. The molecule has 0 bridgehead atoms. The van der Waals surface area contributed by atoms with Crippen molar-refractivity contribution < 1.29 is 0 Å². The number of nitrogens with zero attached hydrogens (tertiary/aromatic N) is 1. The number of rotatable bonds is 3. The van der Waals surface area contributed by atoms with E-state index in [1.807, 2.05) is 30.5 Å². The van der Waals surface area contributed by atoms with Gasteiger partial charge in [-0.3, -0.25) is 4.98 Å². The molecule has 2 aromatic rings. The number of halogens is 2. The summed E-state index contributed by atoms with van der Waals surface area (Å²) in [6.45, 7) is 0. The fourth-order valence-electron chi connectivity index (χ4n) is 2.86. The number of nitrogens with one attached hydrogen (secondary N) is 1. The van der Waals surface area contributed by atoms with Gasteiger partial charge in [0.15, 0.2) is 0 Å². The molecule has 0 aliphatic heterocycles. The monoisotopic (exact) mass is 294 g/mol. The van der Waals surface area contributed by atoms with Crippen molar-refractivity contribution in [2.24, 2.45) is 5.92 Å². The highest BCUT2D eigenvalue weighted by molar-refractivity contribution is 6.31. The van der Waals surface area contributed by atoms with Crippen molar-refractivity contribution in [2.45, 2.75) is 25.3 Å². The molecule has 1 aliphatic rings. The Labute approximate surface area is 123 Å². The summed E-state index contributed by atoms with van der Waals surface area (Å²) in [4.78, 5) is 4.37. The van der Waals surface area contributed by atoms with Crippen LogP contribution in [0.5, 0.6) is 0 Å². The predicted octanol–water partition coefficient (Wildman–Crippen LogP) is 4.71. The summed E-state index contributed by atoms with van der Waals surface area (Å²) in [6.07, 6.45) is 5.49. The fourth-order valence-corrected chi connectivity index (χ4v) is 3.39. The van der Waals surface area contributed by atoms with Gasteiger partial charge in [0.05, 0.1) is 5.52 Å². The number of benzene rings is 1. The minimum Gasteiger partial charge on any atom is -0.381 e. The lowest BCUT2D eigenvalue weighted by Gasteiger charge is -2.21. The van der Waals surface area contributed by atoms with Crippen LogP contribution in [0.25, 0.3) is 10.9 Å². The second kappa shape index (κ2) is 5.56. The minimum atomic E-state index is 0.471. The summed E-state index contributed by atoms with van der Waals surface area (Å²) in [5.41, 5.74) is 2.06. The normalized spacial score (nSPS) is 22.8. The molecule has 19 heavy (non-hydrogen) atoms. The highest BCUT2D eigenvalue weighted by Crippen LogP contribution is 2.32. The van der Waals surface area contributed by atoms with Crippen LogP contribution in [0.15, 0.2) is 30.5 Å². The van der Waals surface area contributed by atoms with Crippen LogP contribution in [0, 0.1) is 5.92 Å². The van der Waals surface area contributed by atoms with E-state index < -0.39 is 0 Å². The lowest BCUT2D eigenvalue weighted by molar-refractivity contribution is 0.563. The van der Waals surface area contributed by atoms with Gasteiger partial charge in [0, 0.05) is 34.2 Å². The molecule has 0 saturated heterocycles. The van der Waals surface area contributed by atoms with Gasteiger partial charge in [-0.1, -0.05) is 18.0 Å². The second-order valence-electron chi connectivity index (χ2n) is 5.12. The molecule has 1 N–H and O–H groups in total. The second-order valence-corrected chi connectivity index (χ2v) is 5.86. The van der Waals surface area contributed by atoms with Gasteiger partial charge in [-0.25, -0.2) is 0 Å². The first kappa shape index (κ1) is 13.0. The van der Waals surface area contributed by atoms with Gasteiger partial charge < -0.3 is 5.32 Å². The van der Waals surface area contributed by atoms with E-state index in [-0.39, 0.29) is 0 Å². The Morgan fingerprint density at radius 3 is 3.00 bits per heavy atom. The molecule has 3 rings (SSSR count). The minimum absolute atomic E-state index is 0.471. The maximum atomic E-state index is 6.04. The van der Waals surface area contributed by atoms with Crippen molar-refractivity contribution in [1.29, 1.82) is 0 Å². The van der Waals surface area contributed by atoms with Crippen molar-refractivity contribution >= 4 is 39.8 Å². The zero-order chi connectivity index (χ0) is 13.2. The van der Waals surface area contributed by atoms with Crippen LogP contribution in [0.2, 0.25) is 5.02 Å². The third-order valence-electron chi connectivity index (χ3n) is 3.90. The highest BCUT2D eigenvalue weighted by atomic mass is 35.5. The average molecular weight is 295 g/mol. The van der Waals surface area contributed by atoms with Crippen LogP contribution in [0.3, 0.4) is 0 Å². The molecule has 1 heterocycles. The van der Waals surface area contributed by atoms with Crippen molar-refractivity contribution in [3.05, 3.63) is 35.5 Å². The largest absolute Gasteiger partial charge is 0.381 e. The van der Waals surface area contributed by atoms with Gasteiger partial charge in [0.1, 0.15) is 0 Å². The maximum absolute atomic E-state index is 6.04. The van der Waals surface area contributed by atoms with Gasteiger partial charge >= 0.3 is 0 Å². The van der Waals surface area contributed by atoms with Crippen molar-refractivity contribution in [3.63, 3.8) is 0 Å². The van der Waals surface area contributed by atoms with E-state index in [9.17, 15) is 0 Å². The molecule has 2 atom stereocenters. The highest BCUT2D eigenvalue weighted by Gasteiger charge is 2.26. The molecule has 0 spiro atoms. The SMILES string of the molecule is ClCC1CCCC1Nc1ccnc2cc(Cl)ccc12. The molecule has 1 aliphatic carbocycles. The summed E-state index contributed by atoms with van der Waals surface area (Å²) in [5.74, 6) is 1.30. The molecule has 2 nitrogen and oxygen atoms in total. The average Bonchev–Trinajstić information content (AvgIpc) is 2.86. The zero-order valence-corrected chi connectivity index (χ0v) is 12.1. The van der Waals surface area contributed by atoms with Crippen LogP contribution in [-0.4, -0.2) is 16.9 Å². The Bertz CT molecular complexity index is 585. The zero-order valence-electron chi connectivity index (χ0n) is 10.6. The van der Waals surface area contributed by atoms with Gasteiger partial charge in [-0.15, -0.1) is 11.6 Å². The van der Waals surface area contributed by atoms with Crippen LogP contribution >= 0.6 is 23.2 Å². The molecule has 1 fully saturated rings. The Morgan fingerprint density at radius 1 is 1.26 bits per heavy atom. The number of pyridine rings is 1. The smallest absolute Gasteiger partial charge is 0.0737 e. The predicted molar refractivity (Wildman–Crippen MR) is 82.2 cm³/mol. The van der Waals surface area contributed by atoms with E-state index in [0.29, 0.717) is 12.0 Å². The van der Waals surface area contributed by atoms with E-state index in [4.69, 9.17) is 23.2 Å². The molecular weight excluding hydrogens is 279 g/mol. The molecule has 1 aromatic carbocycles. The molecule has 0 radical (unpaired) electrons. The Kier molecular flexibility index (Phi) is 3.81. The van der Waals surface area contributed by atoms with E-state index in [2.05, 4.69) is 10.3 Å². The summed E-state index contributed by atoms with van der Waals surface area (Å²) >= 11 is 12.0. The molecule has 4 heteroatoms. The van der Waals surface area contributed by atoms with Gasteiger partial charge in [-0.05, 0) is 43.0 Å². The standard InChI is InChI=1S/C15H16Cl2N2/c16-9-10-2-1-3-13(10)19-14-6-7-18-15-8-11(17)4-5-12(14)15/h4-8,10,13H,1-3,9H2,(H,18,19). The Morgan fingerprint density at radius 2 is 2.16 bits per heavy atom. The summed E-state index contributed by atoms with van der Waals surface area (Å²) in [6, 6.07) is 8.33. The molecule has 2 unspecified atom stereocenters. The molecule has 1 saturated carbocycles. The van der Waals surface area contributed by atoms with Crippen LogP contribution in [0.4, 0.5) is 5.69 Å². The first-order valence-corrected chi connectivity index (χ1v) is 7.56. The molecular formula is C15H16Cl2N2. The topological polar surface area (TPSA) is 24.9 Å².